The van der Waals surface area contributed by atoms with Crippen LogP contribution in [-0.2, 0) is 24.5 Å². The van der Waals surface area contributed by atoms with Gasteiger partial charge in [0.2, 0.25) is 6.54 Å². The van der Waals surface area contributed by atoms with Crippen molar-refractivity contribution in [3.63, 3.8) is 0 Å². The minimum Gasteiger partial charge on any atom is -0.465 e. The number of ether oxygens (including phenoxy) is 2. The number of hydrogen-bond acceptors (Lipinski definition) is 6. The summed E-state index contributed by atoms with van der Waals surface area (Å²) in [4.78, 5) is 36.3. The Kier molecular flexibility index (Phi) is 6.03. The van der Waals surface area contributed by atoms with Crippen molar-refractivity contribution < 1.29 is 24.0 Å². The first kappa shape index (κ1) is 20.6. The summed E-state index contributed by atoms with van der Waals surface area (Å²) in [5.74, 6) is -1.39. The van der Waals surface area contributed by atoms with Crippen LogP contribution in [0.3, 0.4) is 0 Å². The highest BCUT2D eigenvalue weighted by Gasteiger charge is 2.65. The molecule has 0 fully saturated rings. The first-order valence-corrected chi connectivity index (χ1v) is 8.95. The number of nitro groups is 1. The quantitative estimate of drug-likeness (QED) is 0.394. The van der Waals surface area contributed by atoms with E-state index in [0.717, 1.165) is 5.56 Å². The molecule has 0 bridgehead atoms. The van der Waals surface area contributed by atoms with E-state index in [0.29, 0.717) is 5.56 Å². The van der Waals surface area contributed by atoms with Crippen LogP contribution in [0.4, 0.5) is 0 Å². The largest absolute Gasteiger partial charge is 0.465 e. The predicted molar refractivity (Wildman–Crippen MR) is 98.8 cm³/mol. The molecular formula is C20H25NO6. The number of rotatable bonds is 8. The number of cyclic esters (lactones) is 1. The molecule has 0 spiro atoms. The zero-order valence-electron chi connectivity index (χ0n) is 16.1. The summed E-state index contributed by atoms with van der Waals surface area (Å²) in [6.45, 7) is 6.62. The van der Waals surface area contributed by atoms with Gasteiger partial charge in [-0.2, -0.15) is 0 Å². The molecule has 2 atom stereocenters. The highest BCUT2D eigenvalue weighted by molar-refractivity contribution is 5.91. The van der Waals surface area contributed by atoms with E-state index in [2.05, 4.69) is 0 Å². The number of esters is 2. The Bertz CT molecular complexity index is 754. The van der Waals surface area contributed by atoms with Crippen LogP contribution in [-0.4, -0.2) is 35.6 Å². The fourth-order valence-electron chi connectivity index (χ4n) is 3.68. The Labute approximate surface area is 158 Å². The van der Waals surface area contributed by atoms with Gasteiger partial charge in [0.05, 0.1) is 6.61 Å². The zero-order valence-corrected chi connectivity index (χ0v) is 16.1. The van der Waals surface area contributed by atoms with Crippen molar-refractivity contribution in [2.75, 3.05) is 13.2 Å². The second-order valence-corrected chi connectivity index (χ2v) is 7.22. The van der Waals surface area contributed by atoms with Crippen molar-refractivity contribution in [3.05, 3.63) is 57.7 Å². The van der Waals surface area contributed by atoms with Gasteiger partial charge >= 0.3 is 11.9 Å². The van der Waals surface area contributed by atoms with E-state index >= 15 is 0 Å². The third-order valence-corrected chi connectivity index (χ3v) is 4.74. The predicted octanol–water partition coefficient (Wildman–Crippen LogP) is 2.97. The lowest BCUT2D eigenvalue weighted by atomic mass is 9.64. The van der Waals surface area contributed by atoms with Gasteiger partial charge in [-0.05, 0) is 37.8 Å². The van der Waals surface area contributed by atoms with Crippen molar-refractivity contribution >= 4 is 11.9 Å². The van der Waals surface area contributed by atoms with Crippen molar-refractivity contribution in [2.45, 2.75) is 45.1 Å². The average Bonchev–Trinajstić information content (AvgIpc) is 2.94. The van der Waals surface area contributed by atoms with E-state index in [4.69, 9.17) is 9.47 Å². The highest BCUT2D eigenvalue weighted by atomic mass is 16.6. The molecule has 7 nitrogen and oxygen atoms in total. The molecule has 0 aromatic heterocycles. The Morgan fingerprint density at radius 1 is 1.33 bits per heavy atom. The molecule has 7 heteroatoms. The van der Waals surface area contributed by atoms with Crippen LogP contribution in [0.2, 0.25) is 0 Å². The first-order chi connectivity index (χ1) is 12.7. The van der Waals surface area contributed by atoms with Gasteiger partial charge in [0, 0.05) is 11.0 Å². The molecular weight excluding hydrogens is 350 g/mol. The van der Waals surface area contributed by atoms with Gasteiger partial charge in [-0.15, -0.1) is 0 Å². The number of aryl methyl sites for hydroxylation is 1. The van der Waals surface area contributed by atoms with E-state index in [9.17, 15) is 19.7 Å². The molecule has 1 heterocycles. The van der Waals surface area contributed by atoms with Crippen molar-refractivity contribution in [1.29, 1.82) is 0 Å². The molecule has 1 aromatic rings. The minimum atomic E-state index is -1.78. The van der Waals surface area contributed by atoms with Crippen LogP contribution >= 0.6 is 0 Å². The summed E-state index contributed by atoms with van der Waals surface area (Å²) >= 11 is 0. The number of carbonyl (C=O) groups excluding carboxylic acids is 2. The Morgan fingerprint density at radius 3 is 2.41 bits per heavy atom. The van der Waals surface area contributed by atoms with Crippen molar-refractivity contribution in [1.82, 2.24) is 0 Å². The molecule has 1 aliphatic rings. The Hall–Kier alpha value is -2.70. The number of hydrogen-bond donors (Lipinski definition) is 0. The monoisotopic (exact) mass is 375 g/mol. The maximum atomic E-state index is 13.2. The molecule has 0 unspecified atom stereocenters. The smallest absolute Gasteiger partial charge is 0.331 e. The highest BCUT2D eigenvalue weighted by Crippen LogP contribution is 2.47. The SMILES string of the molecule is CCOC(=O)[C@@](C[N+](=O)[O-])(c1ccc(C)cc1)[C@@]1(CC(C)C)C=CC(=O)O1. The van der Waals surface area contributed by atoms with E-state index in [1.54, 1.807) is 31.2 Å². The number of nitrogens with zero attached hydrogens (tertiary/aromatic N) is 1. The van der Waals surface area contributed by atoms with Gasteiger partial charge in [-0.1, -0.05) is 43.7 Å². The first-order valence-electron chi connectivity index (χ1n) is 8.95. The van der Waals surface area contributed by atoms with Crippen LogP contribution < -0.4 is 0 Å². The number of carbonyl (C=O) groups is 2. The summed E-state index contributed by atoms with van der Waals surface area (Å²) < 4.78 is 10.9. The van der Waals surface area contributed by atoms with Crippen molar-refractivity contribution in [2.24, 2.45) is 5.92 Å². The second kappa shape index (κ2) is 7.90. The van der Waals surface area contributed by atoms with Gasteiger partial charge in [-0.3, -0.25) is 14.9 Å². The molecule has 0 N–H and O–H groups in total. The Morgan fingerprint density at radius 2 is 1.96 bits per heavy atom. The standard InChI is InChI=1S/C20H25NO6/c1-5-26-18(23)20(13-21(24)25,16-8-6-15(4)7-9-16)19(12-14(2)3)11-10-17(22)27-19/h6-11,14H,5,12-13H2,1-4H3/t19-,20+/m0/s1. The lowest BCUT2D eigenvalue weighted by Crippen LogP contribution is -2.61. The van der Waals surface area contributed by atoms with Crippen LogP contribution in [0.25, 0.3) is 0 Å². The van der Waals surface area contributed by atoms with Crippen LogP contribution in [0.1, 0.15) is 38.3 Å². The van der Waals surface area contributed by atoms with Gasteiger partial charge in [-0.25, -0.2) is 4.79 Å². The second-order valence-electron chi connectivity index (χ2n) is 7.22. The Balaban J connectivity index is 2.80. The molecule has 2 rings (SSSR count). The zero-order chi connectivity index (χ0) is 20.2. The topological polar surface area (TPSA) is 95.7 Å². The molecule has 1 aromatic carbocycles. The molecule has 0 aliphatic carbocycles. The molecule has 146 valence electrons. The van der Waals surface area contributed by atoms with E-state index in [1.165, 1.54) is 12.2 Å². The van der Waals surface area contributed by atoms with Crippen LogP contribution in [0.15, 0.2) is 36.4 Å². The van der Waals surface area contributed by atoms with Gasteiger partial charge in [0.25, 0.3) is 0 Å². The number of benzene rings is 1. The molecule has 0 radical (unpaired) electrons. The molecule has 0 saturated heterocycles. The third kappa shape index (κ3) is 3.86. The summed E-state index contributed by atoms with van der Waals surface area (Å²) in [7, 11) is 0. The van der Waals surface area contributed by atoms with E-state index in [1.807, 2.05) is 20.8 Å². The molecule has 27 heavy (non-hydrogen) atoms. The van der Waals surface area contributed by atoms with Crippen LogP contribution in [0.5, 0.6) is 0 Å². The van der Waals surface area contributed by atoms with E-state index in [-0.39, 0.29) is 18.9 Å². The lowest BCUT2D eigenvalue weighted by molar-refractivity contribution is -0.492. The summed E-state index contributed by atoms with van der Waals surface area (Å²) in [5, 5.41) is 11.7. The maximum Gasteiger partial charge on any atom is 0.331 e. The molecule has 1 aliphatic heterocycles. The van der Waals surface area contributed by atoms with Crippen molar-refractivity contribution in [3.8, 4) is 0 Å². The molecule has 0 saturated carbocycles. The summed E-state index contributed by atoms with van der Waals surface area (Å²) in [5.41, 5.74) is -1.95. The average molecular weight is 375 g/mol. The van der Waals surface area contributed by atoms with Gasteiger partial charge in [0.1, 0.15) is 0 Å². The third-order valence-electron chi connectivity index (χ3n) is 4.74. The van der Waals surface area contributed by atoms with E-state index < -0.39 is 34.4 Å². The maximum absolute atomic E-state index is 13.2. The van der Waals surface area contributed by atoms with Gasteiger partial charge < -0.3 is 9.47 Å². The minimum absolute atomic E-state index is 0.00607. The normalized spacial score (nSPS) is 21.0. The van der Waals surface area contributed by atoms with Crippen LogP contribution in [0, 0.1) is 23.0 Å². The van der Waals surface area contributed by atoms with Gasteiger partial charge in [0.15, 0.2) is 11.0 Å². The summed E-state index contributed by atoms with van der Waals surface area (Å²) in [6, 6.07) is 6.87. The fraction of sp³-hybridized carbons (Fsp3) is 0.500. The lowest BCUT2D eigenvalue weighted by Gasteiger charge is -2.43. The fourth-order valence-corrected chi connectivity index (χ4v) is 3.68. The summed E-state index contributed by atoms with van der Waals surface area (Å²) in [6.07, 6.45) is 2.95. The molecule has 0 amide bonds.